The smallest absolute Gasteiger partial charge is 0.162 e. The highest BCUT2D eigenvalue weighted by atomic mass is 15.3. The summed E-state index contributed by atoms with van der Waals surface area (Å²) in [5.74, 6) is 2.52. The molecule has 0 radical (unpaired) electrons. The first-order chi connectivity index (χ1) is 16.5. The fourth-order valence-corrected chi connectivity index (χ4v) is 3.72. The number of rotatable bonds is 6. The lowest BCUT2D eigenvalue weighted by Gasteiger charge is -2.17. The highest BCUT2D eigenvalue weighted by Crippen LogP contribution is 2.33. The summed E-state index contributed by atoms with van der Waals surface area (Å²) in [7, 11) is 3.88. The van der Waals surface area contributed by atoms with Crippen LogP contribution in [0, 0.1) is 0 Å². The molecule has 0 aliphatic heterocycles. The van der Waals surface area contributed by atoms with Crippen molar-refractivity contribution >= 4 is 34.2 Å². The SMILES string of the molecule is CC(C)c1cnnc(Nc2ccc3ncc(-c4cn(C)nc4N(C)c4cccnc4)cc3n2)c1. The van der Waals surface area contributed by atoms with E-state index in [2.05, 4.69) is 44.4 Å². The fraction of sp³-hybridized carbons (Fsp3) is 0.200. The number of pyridine rings is 3. The molecule has 5 aromatic heterocycles. The van der Waals surface area contributed by atoms with Crippen molar-refractivity contribution in [1.82, 2.24) is 34.9 Å². The van der Waals surface area contributed by atoms with E-state index < -0.39 is 0 Å². The molecule has 34 heavy (non-hydrogen) atoms. The largest absolute Gasteiger partial charge is 0.326 e. The van der Waals surface area contributed by atoms with Crippen molar-refractivity contribution in [3.05, 3.63) is 72.9 Å². The predicted octanol–water partition coefficient (Wildman–Crippen LogP) is 4.85. The molecule has 5 aromatic rings. The summed E-state index contributed by atoms with van der Waals surface area (Å²) in [6, 6.07) is 11.8. The van der Waals surface area contributed by atoms with Crippen molar-refractivity contribution in [3.8, 4) is 11.1 Å². The van der Waals surface area contributed by atoms with Crippen molar-refractivity contribution in [2.24, 2.45) is 7.05 Å². The molecule has 5 rings (SSSR count). The molecule has 0 aliphatic carbocycles. The van der Waals surface area contributed by atoms with E-state index in [1.807, 2.05) is 74.0 Å². The molecule has 0 saturated heterocycles. The molecule has 170 valence electrons. The molecule has 0 fully saturated rings. The van der Waals surface area contributed by atoms with Crippen LogP contribution >= 0.6 is 0 Å². The normalized spacial score (nSPS) is 11.2. The lowest BCUT2D eigenvalue weighted by atomic mass is 10.1. The fourth-order valence-electron chi connectivity index (χ4n) is 3.72. The average Bonchev–Trinajstić information content (AvgIpc) is 3.25. The molecule has 5 heterocycles. The molecular weight excluding hydrogens is 426 g/mol. The third-order valence-electron chi connectivity index (χ3n) is 5.61. The number of fused-ring (bicyclic) bond motifs is 1. The van der Waals surface area contributed by atoms with Gasteiger partial charge in [0, 0.05) is 43.8 Å². The van der Waals surface area contributed by atoms with Gasteiger partial charge in [-0.2, -0.15) is 10.2 Å². The highest BCUT2D eigenvalue weighted by molar-refractivity contribution is 5.86. The Morgan fingerprint density at radius 3 is 2.68 bits per heavy atom. The third-order valence-corrected chi connectivity index (χ3v) is 5.61. The van der Waals surface area contributed by atoms with Crippen molar-refractivity contribution in [3.63, 3.8) is 0 Å². The van der Waals surface area contributed by atoms with Gasteiger partial charge in [-0.25, -0.2) is 4.98 Å². The highest BCUT2D eigenvalue weighted by Gasteiger charge is 2.17. The van der Waals surface area contributed by atoms with Crippen LogP contribution in [-0.2, 0) is 7.05 Å². The minimum atomic E-state index is 0.367. The zero-order valence-corrected chi connectivity index (χ0v) is 19.5. The van der Waals surface area contributed by atoms with Gasteiger partial charge in [0.15, 0.2) is 11.6 Å². The zero-order chi connectivity index (χ0) is 23.7. The molecule has 0 saturated carbocycles. The first-order valence-electron chi connectivity index (χ1n) is 11.0. The van der Waals surface area contributed by atoms with E-state index in [1.54, 1.807) is 17.1 Å². The Labute approximate surface area is 197 Å². The van der Waals surface area contributed by atoms with Gasteiger partial charge in [0.2, 0.25) is 0 Å². The van der Waals surface area contributed by atoms with Gasteiger partial charge in [0.1, 0.15) is 5.82 Å². The van der Waals surface area contributed by atoms with Crippen molar-refractivity contribution in [2.45, 2.75) is 19.8 Å². The molecule has 0 spiro atoms. The van der Waals surface area contributed by atoms with Gasteiger partial charge in [-0.15, -0.1) is 5.10 Å². The Balaban J connectivity index is 1.50. The Kier molecular flexibility index (Phi) is 5.59. The van der Waals surface area contributed by atoms with Crippen LogP contribution in [0.1, 0.15) is 25.3 Å². The number of hydrogen-bond donors (Lipinski definition) is 1. The summed E-state index contributed by atoms with van der Waals surface area (Å²) in [5.41, 5.74) is 5.53. The van der Waals surface area contributed by atoms with Gasteiger partial charge >= 0.3 is 0 Å². The molecule has 0 unspecified atom stereocenters. The summed E-state index contributed by atoms with van der Waals surface area (Å²) in [6.45, 7) is 4.25. The van der Waals surface area contributed by atoms with Gasteiger partial charge in [0.05, 0.1) is 29.1 Å². The number of aryl methyl sites for hydroxylation is 1. The van der Waals surface area contributed by atoms with Crippen LogP contribution in [0.5, 0.6) is 0 Å². The van der Waals surface area contributed by atoms with Crippen LogP contribution in [0.15, 0.2) is 67.4 Å². The molecule has 0 atom stereocenters. The Bertz CT molecular complexity index is 1440. The molecule has 9 heteroatoms. The number of anilines is 4. The number of nitrogens with one attached hydrogen (secondary N) is 1. The molecule has 0 aromatic carbocycles. The topological polar surface area (TPSA) is 97.5 Å². The Morgan fingerprint density at radius 2 is 1.88 bits per heavy atom. The zero-order valence-electron chi connectivity index (χ0n) is 19.5. The summed E-state index contributed by atoms with van der Waals surface area (Å²) in [4.78, 5) is 15.7. The van der Waals surface area contributed by atoms with Gasteiger partial charge in [-0.05, 0) is 47.9 Å². The van der Waals surface area contributed by atoms with Crippen LogP contribution < -0.4 is 10.2 Å². The minimum absolute atomic E-state index is 0.367. The van der Waals surface area contributed by atoms with Crippen LogP contribution in [0.25, 0.3) is 22.2 Å². The van der Waals surface area contributed by atoms with Crippen LogP contribution in [-0.4, -0.2) is 42.0 Å². The standard InChI is InChI=1S/C25H25N9/c1-16(2)17-11-24(31-28-13-17)30-23-8-7-21-22(29-23)10-18(12-27-21)20-15-33(3)32-25(20)34(4)19-6-5-9-26-14-19/h5-16H,1-4H3,(H,29,30,31). The monoisotopic (exact) mass is 451 g/mol. The Hall–Kier alpha value is -4.40. The van der Waals surface area contributed by atoms with E-state index in [4.69, 9.17) is 4.98 Å². The second kappa shape index (κ2) is 8.86. The van der Waals surface area contributed by atoms with E-state index in [0.717, 1.165) is 39.2 Å². The summed E-state index contributed by atoms with van der Waals surface area (Å²) < 4.78 is 1.80. The van der Waals surface area contributed by atoms with Crippen LogP contribution in [0.2, 0.25) is 0 Å². The van der Waals surface area contributed by atoms with Crippen LogP contribution in [0.4, 0.5) is 23.1 Å². The van der Waals surface area contributed by atoms with E-state index >= 15 is 0 Å². The molecule has 1 N–H and O–H groups in total. The molecular formula is C25H25N9. The summed E-state index contributed by atoms with van der Waals surface area (Å²) in [5, 5.41) is 16.2. The maximum absolute atomic E-state index is 4.78. The first-order valence-corrected chi connectivity index (χ1v) is 11.0. The maximum atomic E-state index is 4.78. The molecule has 0 amide bonds. The van der Waals surface area contributed by atoms with E-state index in [-0.39, 0.29) is 0 Å². The number of hydrogen-bond acceptors (Lipinski definition) is 8. The molecule has 9 nitrogen and oxygen atoms in total. The van der Waals surface area contributed by atoms with Gasteiger partial charge in [-0.3, -0.25) is 14.6 Å². The third kappa shape index (κ3) is 4.27. The number of nitrogens with zero attached hydrogens (tertiary/aromatic N) is 8. The minimum Gasteiger partial charge on any atom is -0.326 e. The van der Waals surface area contributed by atoms with E-state index in [0.29, 0.717) is 17.6 Å². The maximum Gasteiger partial charge on any atom is 0.162 e. The van der Waals surface area contributed by atoms with Crippen molar-refractivity contribution < 1.29 is 0 Å². The van der Waals surface area contributed by atoms with Crippen molar-refractivity contribution in [1.29, 1.82) is 0 Å². The van der Waals surface area contributed by atoms with Gasteiger partial charge in [0.25, 0.3) is 0 Å². The molecule has 0 aliphatic rings. The Morgan fingerprint density at radius 1 is 1.00 bits per heavy atom. The summed E-state index contributed by atoms with van der Waals surface area (Å²) >= 11 is 0. The van der Waals surface area contributed by atoms with E-state index in [9.17, 15) is 0 Å². The quantitative estimate of drug-likeness (QED) is 0.391. The first kappa shape index (κ1) is 21.4. The van der Waals surface area contributed by atoms with Crippen molar-refractivity contribution in [2.75, 3.05) is 17.3 Å². The van der Waals surface area contributed by atoms with E-state index in [1.165, 1.54) is 0 Å². The lowest BCUT2D eigenvalue weighted by molar-refractivity contribution is 0.765. The summed E-state index contributed by atoms with van der Waals surface area (Å²) in [6.07, 6.45) is 9.19. The molecule has 0 bridgehead atoms. The van der Waals surface area contributed by atoms with Gasteiger partial charge < -0.3 is 10.2 Å². The number of aromatic nitrogens is 7. The second-order valence-electron chi connectivity index (χ2n) is 8.42. The second-order valence-corrected chi connectivity index (χ2v) is 8.42. The van der Waals surface area contributed by atoms with Gasteiger partial charge in [-0.1, -0.05) is 13.8 Å². The van der Waals surface area contributed by atoms with Crippen LogP contribution in [0.3, 0.4) is 0 Å². The lowest BCUT2D eigenvalue weighted by Crippen LogP contribution is -2.11. The predicted molar refractivity (Wildman–Crippen MR) is 133 cm³/mol. The average molecular weight is 452 g/mol.